The van der Waals surface area contributed by atoms with Gasteiger partial charge in [-0.2, -0.15) is 13.2 Å². The number of piperidine rings is 1. The van der Waals surface area contributed by atoms with Gasteiger partial charge in [0.15, 0.2) is 0 Å². The van der Waals surface area contributed by atoms with E-state index in [2.05, 4.69) is 0 Å². The molecule has 4 amide bonds. The highest BCUT2D eigenvalue weighted by Gasteiger charge is 2.31. The Kier molecular flexibility index (Phi) is 6.63. The second-order valence-electron chi connectivity index (χ2n) is 6.43. The third kappa shape index (κ3) is 6.52. The zero-order chi connectivity index (χ0) is 18.4. The number of nitrogens with zero attached hydrogens (tertiary/aromatic N) is 2. The second kappa shape index (κ2) is 8.50. The van der Waals surface area contributed by atoms with Crippen molar-refractivity contribution in [1.82, 2.24) is 20.4 Å². The maximum Gasteiger partial charge on any atom is 0.405 e. The topological polar surface area (TPSA) is 81.8 Å². The molecule has 0 atom stereocenters. The maximum absolute atomic E-state index is 12.3. The van der Waals surface area contributed by atoms with Crippen LogP contribution in [0.15, 0.2) is 0 Å². The van der Waals surface area contributed by atoms with Gasteiger partial charge in [0.1, 0.15) is 6.54 Å². The van der Waals surface area contributed by atoms with Crippen LogP contribution in [0.25, 0.3) is 0 Å². The predicted molar refractivity (Wildman–Crippen MR) is 82.6 cm³/mol. The van der Waals surface area contributed by atoms with Gasteiger partial charge < -0.3 is 10.2 Å². The minimum Gasteiger partial charge on any atom is -0.342 e. The molecule has 7 nitrogen and oxygen atoms in total. The predicted octanol–water partition coefficient (Wildman–Crippen LogP) is 0.709. The zero-order valence-corrected chi connectivity index (χ0v) is 13.9. The molecular weight excluding hydrogens is 341 g/mol. The van der Waals surface area contributed by atoms with Gasteiger partial charge >= 0.3 is 12.2 Å². The van der Waals surface area contributed by atoms with Gasteiger partial charge in [-0.25, -0.2) is 4.79 Å². The van der Waals surface area contributed by atoms with Crippen molar-refractivity contribution in [3.05, 3.63) is 0 Å². The normalized spacial score (nSPS) is 19.7. The molecular formula is C15H23F3N4O3. The molecule has 0 aromatic rings. The number of alkyl halides is 3. The molecule has 2 aliphatic heterocycles. The summed E-state index contributed by atoms with van der Waals surface area (Å²) in [5.74, 6) is -0.524. The summed E-state index contributed by atoms with van der Waals surface area (Å²) in [5, 5.41) is 3.45. The first-order chi connectivity index (χ1) is 11.7. The van der Waals surface area contributed by atoms with E-state index in [0.29, 0.717) is 25.9 Å². The first-order valence-electron chi connectivity index (χ1n) is 8.40. The molecule has 2 rings (SSSR count). The number of carbonyl (C=O) groups excluding carboxylic acids is 3. The van der Waals surface area contributed by atoms with Crippen molar-refractivity contribution >= 4 is 17.8 Å². The van der Waals surface area contributed by atoms with Crippen LogP contribution < -0.4 is 10.6 Å². The highest BCUT2D eigenvalue weighted by atomic mass is 19.4. The van der Waals surface area contributed by atoms with Crippen molar-refractivity contribution in [3.8, 4) is 0 Å². The number of urea groups is 1. The van der Waals surface area contributed by atoms with Crippen molar-refractivity contribution in [3.63, 3.8) is 0 Å². The van der Waals surface area contributed by atoms with Crippen molar-refractivity contribution < 1.29 is 27.6 Å². The van der Waals surface area contributed by atoms with Crippen LogP contribution in [0, 0.1) is 5.92 Å². The van der Waals surface area contributed by atoms with Gasteiger partial charge in [0.25, 0.3) is 0 Å². The van der Waals surface area contributed by atoms with Gasteiger partial charge in [0, 0.05) is 19.0 Å². The molecule has 2 aliphatic rings. The molecule has 0 aliphatic carbocycles. The van der Waals surface area contributed by atoms with Gasteiger partial charge in [-0.05, 0) is 38.8 Å². The van der Waals surface area contributed by atoms with Crippen molar-refractivity contribution in [2.75, 3.05) is 39.3 Å². The van der Waals surface area contributed by atoms with E-state index in [-0.39, 0.29) is 18.4 Å². The Balaban J connectivity index is 1.66. The lowest BCUT2D eigenvalue weighted by atomic mass is 9.95. The third-order valence-electron chi connectivity index (χ3n) is 4.42. The van der Waals surface area contributed by atoms with Crippen LogP contribution >= 0.6 is 0 Å². The highest BCUT2D eigenvalue weighted by Crippen LogP contribution is 2.21. The largest absolute Gasteiger partial charge is 0.405 e. The Hall–Kier alpha value is -1.84. The monoisotopic (exact) mass is 364 g/mol. The zero-order valence-electron chi connectivity index (χ0n) is 13.9. The molecule has 0 aromatic heterocycles. The second-order valence-corrected chi connectivity index (χ2v) is 6.43. The number of imide groups is 1. The first-order valence-corrected chi connectivity index (χ1v) is 8.40. The van der Waals surface area contributed by atoms with E-state index in [1.54, 1.807) is 10.2 Å². The Morgan fingerprint density at radius 2 is 1.60 bits per heavy atom. The van der Waals surface area contributed by atoms with E-state index < -0.39 is 24.7 Å². The molecule has 0 bridgehead atoms. The quantitative estimate of drug-likeness (QED) is 0.770. The minimum absolute atomic E-state index is 0.0347. The lowest BCUT2D eigenvalue weighted by Crippen LogP contribution is -2.48. The maximum atomic E-state index is 12.3. The van der Waals surface area contributed by atoms with Crippen LogP contribution in [0.2, 0.25) is 0 Å². The molecule has 2 heterocycles. The SMILES string of the molecule is O=C(CN1CCC(C(=O)N2CCCC2)CC1)NC(=O)NCC(F)(F)F. The Labute approximate surface area is 143 Å². The molecule has 2 fully saturated rings. The van der Waals surface area contributed by atoms with Crippen LogP contribution in [0.1, 0.15) is 25.7 Å². The number of hydrogen-bond donors (Lipinski definition) is 2. The van der Waals surface area contributed by atoms with Gasteiger partial charge in [-0.3, -0.25) is 19.8 Å². The van der Waals surface area contributed by atoms with Crippen molar-refractivity contribution in [2.45, 2.75) is 31.9 Å². The number of carbonyl (C=O) groups is 3. The summed E-state index contributed by atoms with van der Waals surface area (Å²) in [6, 6.07) is -1.17. The summed E-state index contributed by atoms with van der Waals surface area (Å²) in [6.45, 7) is 1.15. The molecule has 2 N–H and O–H groups in total. The summed E-state index contributed by atoms with van der Waals surface area (Å²) in [7, 11) is 0. The summed E-state index contributed by atoms with van der Waals surface area (Å²) in [5.41, 5.74) is 0. The molecule has 0 saturated carbocycles. The molecule has 10 heteroatoms. The Morgan fingerprint density at radius 3 is 2.16 bits per heavy atom. The lowest BCUT2D eigenvalue weighted by molar-refractivity contribution is -0.136. The van der Waals surface area contributed by atoms with Gasteiger partial charge in [-0.15, -0.1) is 0 Å². The summed E-state index contributed by atoms with van der Waals surface area (Å²) in [4.78, 5) is 38.9. The lowest BCUT2D eigenvalue weighted by Gasteiger charge is -2.32. The summed E-state index contributed by atoms with van der Waals surface area (Å²) < 4.78 is 35.9. The first kappa shape index (κ1) is 19.5. The summed E-state index contributed by atoms with van der Waals surface area (Å²) >= 11 is 0. The Morgan fingerprint density at radius 1 is 1.00 bits per heavy atom. The van der Waals surface area contributed by atoms with Crippen LogP contribution in [-0.4, -0.2) is 73.1 Å². The van der Waals surface area contributed by atoms with E-state index >= 15 is 0 Å². The van der Waals surface area contributed by atoms with E-state index in [1.165, 1.54) is 0 Å². The third-order valence-corrected chi connectivity index (χ3v) is 4.42. The van der Waals surface area contributed by atoms with E-state index in [9.17, 15) is 27.6 Å². The van der Waals surface area contributed by atoms with Gasteiger partial charge in [-0.1, -0.05) is 0 Å². The van der Waals surface area contributed by atoms with E-state index in [4.69, 9.17) is 0 Å². The number of amides is 4. The molecule has 0 radical (unpaired) electrons. The van der Waals surface area contributed by atoms with Crippen LogP contribution in [0.3, 0.4) is 0 Å². The molecule has 25 heavy (non-hydrogen) atoms. The minimum atomic E-state index is -4.52. The van der Waals surface area contributed by atoms with Crippen molar-refractivity contribution in [1.29, 1.82) is 0 Å². The summed E-state index contributed by atoms with van der Waals surface area (Å²) in [6.07, 6.45) is -1.15. The fraction of sp³-hybridized carbons (Fsp3) is 0.800. The smallest absolute Gasteiger partial charge is 0.342 e. The number of rotatable bonds is 4. The fourth-order valence-electron chi connectivity index (χ4n) is 3.13. The van der Waals surface area contributed by atoms with E-state index in [0.717, 1.165) is 25.9 Å². The van der Waals surface area contributed by atoms with Crippen molar-refractivity contribution in [2.24, 2.45) is 5.92 Å². The Bertz CT molecular complexity index is 499. The average molecular weight is 364 g/mol. The number of nitrogens with one attached hydrogen (secondary N) is 2. The standard InChI is InChI=1S/C15H23F3N4O3/c16-15(17,18)10-19-14(25)20-12(23)9-21-7-3-11(4-8-21)13(24)22-5-1-2-6-22/h11H,1-10H2,(H2,19,20,23,25). The van der Waals surface area contributed by atoms with Gasteiger partial charge in [0.05, 0.1) is 6.54 Å². The molecule has 0 aromatic carbocycles. The number of hydrogen-bond acceptors (Lipinski definition) is 4. The molecule has 2 saturated heterocycles. The number of likely N-dealkylation sites (tertiary alicyclic amines) is 2. The highest BCUT2D eigenvalue weighted by molar-refractivity contribution is 5.95. The van der Waals surface area contributed by atoms with Gasteiger partial charge in [0.2, 0.25) is 11.8 Å². The molecule has 0 spiro atoms. The van der Waals surface area contributed by atoms with E-state index in [1.807, 2.05) is 10.2 Å². The molecule has 0 unspecified atom stereocenters. The van der Waals surface area contributed by atoms with Crippen LogP contribution in [0.4, 0.5) is 18.0 Å². The fourth-order valence-corrected chi connectivity index (χ4v) is 3.13. The average Bonchev–Trinajstić information content (AvgIpc) is 3.06. The molecule has 142 valence electrons. The van der Waals surface area contributed by atoms with Crippen LogP contribution in [-0.2, 0) is 9.59 Å². The van der Waals surface area contributed by atoms with Crippen LogP contribution in [0.5, 0.6) is 0 Å². The number of halogens is 3.